The Balaban J connectivity index is 1.61. The molecule has 2 N–H and O–H groups in total. The lowest BCUT2D eigenvalue weighted by Crippen LogP contribution is -2.33. The van der Waals surface area contributed by atoms with Gasteiger partial charge >= 0.3 is 6.18 Å². The SMILES string of the molecule is Cn1cc(-c2cccc(C(=O)Nc3cc(N4CCC(C(C)(C)O)C4)cnc3C(F)(F)F)n2)cn1. The lowest BCUT2D eigenvalue weighted by molar-refractivity contribution is -0.140. The molecular weight excluding hydrogens is 449 g/mol. The maximum atomic E-state index is 13.6. The number of nitrogens with zero attached hydrogens (tertiary/aromatic N) is 5. The van der Waals surface area contributed by atoms with Gasteiger partial charge < -0.3 is 15.3 Å². The number of halogens is 3. The number of aliphatic hydroxyl groups is 1. The van der Waals surface area contributed by atoms with Gasteiger partial charge in [-0.2, -0.15) is 18.3 Å². The lowest BCUT2D eigenvalue weighted by atomic mass is 9.90. The summed E-state index contributed by atoms with van der Waals surface area (Å²) in [6.45, 7) is 4.46. The number of anilines is 2. The van der Waals surface area contributed by atoms with Crippen LogP contribution in [0.2, 0.25) is 0 Å². The molecule has 0 saturated carbocycles. The minimum Gasteiger partial charge on any atom is -0.390 e. The van der Waals surface area contributed by atoms with Gasteiger partial charge in [-0.25, -0.2) is 9.97 Å². The largest absolute Gasteiger partial charge is 0.435 e. The van der Waals surface area contributed by atoms with Crippen LogP contribution in [0.15, 0.2) is 42.9 Å². The lowest BCUT2D eigenvalue weighted by Gasteiger charge is -2.26. The monoisotopic (exact) mass is 474 g/mol. The number of pyridine rings is 2. The third-order valence-corrected chi connectivity index (χ3v) is 5.92. The summed E-state index contributed by atoms with van der Waals surface area (Å²) in [5, 5.41) is 16.7. The molecule has 3 aromatic rings. The van der Waals surface area contributed by atoms with E-state index in [-0.39, 0.29) is 11.6 Å². The van der Waals surface area contributed by atoms with Crippen LogP contribution in [0.3, 0.4) is 0 Å². The van der Waals surface area contributed by atoms with E-state index in [1.165, 1.54) is 12.1 Å². The van der Waals surface area contributed by atoms with Crippen LogP contribution in [0.25, 0.3) is 11.3 Å². The number of aromatic nitrogens is 4. The van der Waals surface area contributed by atoms with Crippen molar-refractivity contribution in [2.24, 2.45) is 13.0 Å². The molecule has 0 spiro atoms. The molecule has 1 saturated heterocycles. The van der Waals surface area contributed by atoms with Gasteiger partial charge in [-0.15, -0.1) is 0 Å². The Labute approximate surface area is 194 Å². The minimum absolute atomic E-state index is 0.0350. The summed E-state index contributed by atoms with van der Waals surface area (Å²) in [4.78, 5) is 22.6. The number of hydrogen-bond donors (Lipinski definition) is 2. The molecule has 1 aliphatic rings. The molecule has 0 bridgehead atoms. The van der Waals surface area contributed by atoms with Gasteiger partial charge in [0.05, 0.1) is 35.1 Å². The van der Waals surface area contributed by atoms with Crippen molar-refractivity contribution in [2.45, 2.75) is 32.0 Å². The van der Waals surface area contributed by atoms with Crippen LogP contribution in [0.1, 0.15) is 36.5 Å². The van der Waals surface area contributed by atoms with Crippen molar-refractivity contribution < 1.29 is 23.1 Å². The summed E-state index contributed by atoms with van der Waals surface area (Å²) < 4.78 is 42.5. The molecule has 1 amide bonds. The Hall–Kier alpha value is -3.47. The normalized spacial score (nSPS) is 16.7. The molecule has 1 fully saturated rings. The number of aryl methyl sites for hydroxylation is 1. The molecule has 34 heavy (non-hydrogen) atoms. The van der Waals surface area contributed by atoms with Gasteiger partial charge in [0.15, 0.2) is 5.69 Å². The van der Waals surface area contributed by atoms with Crippen LogP contribution < -0.4 is 10.2 Å². The summed E-state index contributed by atoms with van der Waals surface area (Å²) in [6, 6.07) is 5.98. The van der Waals surface area contributed by atoms with Gasteiger partial charge in [-0.1, -0.05) is 6.07 Å². The van der Waals surface area contributed by atoms with Crippen LogP contribution in [0.4, 0.5) is 24.5 Å². The first-order valence-corrected chi connectivity index (χ1v) is 10.7. The summed E-state index contributed by atoms with van der Waals surface area (Å²) in [7, 11) is 1.74. The fourth-order valence-electron chi connectivity index (χ4n) is 3.98. The van der Waals surface area contributed by atoms with Crippen molar-refractivity contribution in [2.75, 3.05) is 23.3 Å². The van der Waals surface area contributed by atoms with E-state index in [1.54, 1.807) is 50.1 Å². The zero-order valence-electron chi connectivity index (χ0n) is 19.0. The number of alkyl halides is 3. The molecule has 4 rings (SSSR count). The third-order valence-electron chi connectivity index (χ3n) is 5.92. The highest BCUT2D eigenvalue weighted by Gasteiger charge is 2.38. The first-order valence-electron chi connectivity index (χ1n) is 10.7. The quantitative estimate of drug-likeness (QED) is 0.585. The second kappa shape index (κ2) is 8.71. The maximum absolute atomic E-state index is 13.6. The second-order valence-corrected chi connectivity index (χ2v) is 8.94. The smallest absolute Gasteiger partial charge is 0.390 e. The predicted octanol–water partition coefficient (Wildman–Crippen LogP) is 3.75. The topological polar surface area (TPSA) is 96.2 Å². The van der Waals surface area contributed by atoms with E-state index >= 15 is 0 Å². The molecule has 1 atom stereocenters. The number of hydrogen-bond acceptors (Lipinski definition) is 6. The van der Waals surface area contributed by atoms with Gasteiger partial charge in [0.25, 0.3) is 5.91 Å². The van der Waals surface area contributed by atoms with Gasteiger partial charge in [0, 0.05) is 37.8 Å². The van der Waals surface area contributed by atoms with E-state index in [9.17, 15) is 23.1 Å². The van der Waals surface area contributed by atoms with Crippen LogP contribution in [0.5, 0.6) is 0 Å². The number of amides is 1. The van der Waals surface area contributed by atoms with Crippen molar-refractivity contribution in [3.8, 4) is 11.3 Å². The van der Waals surface area contributed by atoms with Crippen molar-refractivity contribution >= 4 is 17.3 Å². The highest BCUT2D eigenvalue weighted by Crippen LogP contribution is 2.37. The van der Waals surface area contributed by atoms with Crippen LogP contribution in [-0.2, 0) is 13.2 Å². The highest BCUT2D eigenvalue weighted by molar-refractivity contribution is 6.03. The fraction of sp³-hybridized carbons (Fsp3) is 0.391. The average molecular weight is 474 g/mol. The average Bonchev–Trinajstić information content (AvgIpc) is 3.42. The Bertz CT molecular complexity index is 1200. The summed E-state index contributed by atoms with van der Waals surface area (Å²) in [5.74, 6) is -0.821. The van der Waals surface area contributed by atoms with Crippen LogP contribution in [0, 0.1) is 5.92 Å². The van der Waals surface area contributed by atoms with Crippen molar-refractivity contribution in [3.05, 3.63) is 54.2 Å². The third kappa shape index (κ3) is 5.04. The van der Waals surface area contributed by atoms with Gasteiger partial charge in [-0.3, -0.25) is 9.48 Å². The zero-order chi connectivity index (χ0) is 24.7. The predicted molar refractivity (Wildman–Crippen MR) is 120 cm³/mol. The Morgan fingerprint density at radius 2 is 2.00 bits per heavy atom. The van der Waals surface area contributed by atoms with Crippen molar-refractivity contribution in [1.29, 1.82) is 0 Å². The molecule has 3 aromatic heterocycles. The van der Waals surface area contributed by atoms with E-state index in [0.717, 1.165) is 6.20 Å². The molecular formula is C23H25F3N6O2. The minimum atomic E-state index is -4.76. The van der Waals surface area contributed by atoms with Gasteiger partial charge in [0.2, 0.25) is 0 Å². The molecule has 4 heterocycles. The highest BCUT2D eigenvalue weighted by atomic mass is 19.4. The summed E-state index contributed by atoms with van der Waals surface area (Å²) in [6.07, 6.45) is 0.378. The van der Waals surface area contributed by atoms with Gasteiger partial charge in [0.1, 0.15) is 5.69 Å². The molecule has 180 valence electrons. The van der Waals surface area contributed by atoms with Crippen molar-refractivity contribution in [1.82, 2.24) is 19.7 Å². The first-order chi connectivity index (χ1) is 15.9. The van der Waals surface area contributed by atoms with E-state index in [2.05, 4.69) is 20.4 Å². The van der Waals surface area contributed by atoms with Crippen LogP contribution >= 0.6 is 0 Å². The fourth-order valence-corrected chi connectivity index (χ4v) is 3.98. The number of nitrogens with one attached hydrogen (secondary N) is 1. The molecule has 8 nitrogen and oxygen atoms in total. The van der Waals surface area contributed by atoms with Crippen LogP contribution in [-0.4, -0.2) is 49.5 Å². The molecule has 1 aliphatic heterocycles. The Morgan fingerprint density at radius 3 is 2.62 bits per heavy atom. The maximum Gasteiger partial charge on any atom is 0.435 e. The Kier molecular flexibility index (Phi) is 6.07. The zero-order valence-corrected chi connectivity index (χ0v) is 19.0. The molecule has 0 radical (unpaired) electrons. The summed E-state index contributed by atoms with van der Waals surface area (Å²) >= 11 is 0. The van der Waals surface area contributed by atoms with E-state index in [4.69, 9.17) is 0 Å². The van der Waals surface area contributed by atoms with E-state index in [1.807, 2.05) is 4.90 Å². The molecule has 1 unspecified atom stereocenters. The number of carbonyl (C=O) groups excluding carboxylic acids is 1. The number of rotatable bonds is 5. The molecule has 0 aliphatic carbocycles. The second-order valence-electron chi connectivity index (χ2n) is 8.94. The van der Waals surface area contributed by atoms with Crippen molar-refractivity contribution in [3.63, 3.8) is 0 Å². The first kappa shape index (κ1) is 23.7. The summed E-state index contributed by atoms with van der Waals surface area (Å²) in [5.41, 5.74) is -1.00. The van der Waals surface area contributed by atoms with E-state index < -0.39 is 29.1 Å². The molecule has 0 aromatic carbocycles. The Morgan fingerprint density at radius 1 is 1.24 bits per heavy atom. The standard InChI is InChI=1S/C23H25F3N6O2/c1-22(2,34)15-7-8-32(13-15)16-9-19(20(27-11-16)23(24,25)26)30-21(33)18-6-4-5-17(29-18)14-10-28-31(3)12-14/h4-6,9-12,15,34H,7-8,13H2,1-3H3,(H,30,33). The van der Waals surface area contributed by atoms with E-state index in [0.29, 0.717) is 36.5 Å². The van der Waals surface area contributed by atoms with Gasteiger partial charge in [-0.05, 0) is 38.5 Å². The number of carbonyl (C=O) groups is 1. The molecule has 11 heteroatoms.